The molecule has 0 fully saturated rings. The Kier molecular flexibility index (Phi) is 4.61. The Bertz CT molecular complexity index is 751. The third-order valence-electron chi connectivity index (χ3n) is 3.74. The summed E-state index contributed by atoms with van der Waals surface area (Å²) in [5, 5.41) is 11.4. The molecule has 0 aliphatic heterocycles. The number of nitrogens with one attached hydrogen (secondary N) is 1. The van der Waals surface area contributed by atoms with E-state index in [1.165, 1.54) is 12.3 Å². The van der Waals surface area contributed by atoms with E-state index in [9.17, 15) is 9.59 Å². The second kappa shape index (κ2) is 6.84. The van der Waals surface area contributed by atoms with Crippen molar-refractivity contribution in [3.63, 3.8) is 0 Å². The molecule has 2 heterocycles. The highest BCUT2D eigenvalue weighted by Gasteiger charge is 2.28. The Balaban J connectivity index is 1.69. The maximum Gasteiger partial charge on any atom is 0.291 e. The van der Waals surface area contributed by atoms with Crippen molar-refractivity contribution in [3.05, 3.63) is 41.5 Å². The number of aliphatic hydroxyl groups is 1. The number of ether oxygens (including phenoxy) is 1. The molecule has 1 atom stereocenters. The summed E-state index contributed by atoms with van der Waals surface area (Å²) in [5.74, 6) is 0.852. The summed E-state index contributed by atoms with van der Waals surface area (Å²) >= 11 is 0. The van der Waals surface area contributed by atoms with E-state index in [0.717, 1.165) is 0 Å². The van der Waals surface area contributed by atoms with Gasteiger partial charge in [-0.15, -0.1) is 0 Å². The SMILES string of the molecule is CC1CC(=O)c2cc(C(=O)Nc3ccc(OCCO)nc3)oc2C1. The predicted molar refractivity (Wildman–Crippen MR) is 85.3 cm³/mol. The lowest BCUT2D eigenvalue weighted by Crippen LogP contribution is -2.15. The Hall–Kier alpha value is -2.67. The number of aromatic nitrogens is 1. The molecule has 0 saturated carbocycles. The number of nitrogens with zero attached hydrogens (tertiary/aromatic N) is 1. The molecule has 3 rings (SSSR count). The van der Waals surface area contributed by atoms with E-state index in [-0.39, 0.29) is 30.7 Å². The molecule has 2 aromatic heterocycles. The number of hydrogen-bond acceptors (Lipinski definition) is 6. The number of hydrogen-bond donors (Lipinski definition) is 2. The molecule has 0 bridgehead atoms. The lowest BCUT2D eigenvalue weighted by atomic mass is 9.89. The van der Waals surface area contributed by atoms with Gasteiger partial charge >= 0.3 is 0 Å². The van der Waals surface area contributed by atoms with Crippen molar-refractivity contribution in [3.8, 4) is 5.88 Å². The largest absolute Gasteiger partial charge is 0.475 e. The van der Waals surface area contributed by atoms with Crippen LogP contribution in [0.15, 0.2) is 28.8 Å². The lowest BCUT2D eigenvalue weighted by Gasteiger charge is -2.14. The molecule has 1 aliphatic rings. The van der Waals surface area contributed by atoms with Gasteiger partial charge in [-0.1, -0.05) is 6.92 Å². The summed E-state index contributed by atoms with van der Waals surface area (Å²) in [4.78, 5) is 28.3. The molecule has 0 radical (unpaired) electrons. The number of aliphatic hydroxyl groups excluding tert-OH is 1. The summed E-state index contributed by atoms with van der Waals surface area (Å²) < 4.78 is 10.7. The van der Waals surface area contributed by atoms with Gasteiger partial charge in [-0.2, -0.15) is 0 Å². The number of fused-ring (bicyclic) bond motifs is 1. The summed E-state index contributed by atoms with van der Waals surface area (Å²) in [6.45, 7) is 2.04. The van der Waals surface area contributed by atoms with Crippen molar-refractivity contribution in [2.24, 2.45) is 5.92 Å². The van der Waals surface area contributed by atoms with Gasteiger partial charge in [0.05, 0.1) is 24.1 Å². The summed E-state index contributed by atoms with van der Waals surface area (Å²) in [7, 11) is 0. The summed E-state index contributed by atoms with van der Waals surface area (Å²) in [6.07, 6.45) is 2.58. The van der Waals surface area contributed by atoms with E-state index in [2.05, 4.69) is 10.3 Å². The molecule has 1 aliphatic carbocycles. The standard InChI is InChI=1S/C17H18N2O5/c1-10-6-13(21)12-8-15(24-14(12)7-10)17(22)19-11-2-3-16(18-9-11)23-5-4-20/h2-3,8-10,20H,4-7H2,1H3,(H,19,22). The van der Waals surface area contributed by atoms with E-state index in [4.69, 9.17) is 14.3 Å². The number of carbonyl (C=O) groups is 2. The molecule has 24 heavy (non-hydrogen) atoms. The van der Waals surface area contributed by atoms with Crippen LogP contribution in [-0.4, -0.2) is 35.0 Å². The first-order valence-electron chi connectivity index (χ1n) is 7.73. The highest BCUT2D eigenvalue weighted by atomic mass is 16.5. The highest BCUT2D eigenvalue weighted by Crippen LogP contribution is 2.28. The van der Waals surface area contributed by atoms with Gasteiger partial charge in [-0.05, 0) is 12.0 Å². The first-order valence-corrected chi connectivity index (χ1v) is 7.73. The molecule has 0 aromatic carbocycles. The number of amides is 1. The van der Waals surface area contributed by atoms with Crippen molar-refractivity contribution in [2.45, 2.75) is 19.8 Å². The molecular weight excluding hydrogens is 312 g/mol. The molecular formula is C17H18N2O5. The Labute approximate surface area is 138 Å². The Morgan fingerprint density at radius 3 is 3.00 bits per heavy atom. The van der Waals surface area contributed by atoms with Gasteiger partial charge in [-0.3, -0.25) is 9.59 Å². The molecule has 126 valence electrons. The first-order chi connectivity index (χ1) is 11.6. The molecule has 2 N–H and O–H groups in total. The van der Waals surface area contributed by atoms with Crippen LogP contribution in [0.3, 0.4) is 0 Å². The number of furan rings is 1. The minimum Gasteiger partial charge on any atom is -0.475 e. The van der Waals surface area contributed by atoms with E-state index in [1.54, 1.807) is 12.1 Å². The smallest absolute Gasteiger partial charge is 0.291 e. The number of carbonyl (C=O) groups excluding carboxylic acids is 2. The minimum absolute atomic E-state index is 0.0126. The van der Waals surface area contributed by atoms with Crippen LogP contribution in [0.4, 0.5) is 5.69 Å². The maximum absolute atomic E-state index is 12.3. The third-order valence-corrected chi connectivity index (χ3v) is 3.74. The van der Waals surface area contributed by atoms with Gasteiger partial charge in [-0.25, -0.2) is 4.98 Å². The van der Waals surface area contributed by atoms with Crippen molar-refractivity contribution in [2.75, 3.05) is 18.5 Å². The third kappa shape index (κ3) is 3.46. The fourth-order valence-electron chi connectivity index (χ4n) is 2.63. The van der Waals surface area contributed by atoms with E-state index < -0.39 is 5.91 Å². The van der Waals surface area contributed by atoms with Crippen LogP contribution in [0.1, 0.15) is 40.0 Å². The molecule has 2 aromatic rings. The molecule has 0 spiro atoms. The van der Waals surface area contributed by atoms with Crippen LogP contribution >= 0.6 is 0 Å². The van der Waals surface area contributed by atoms with E-state index in [1.807, 2.05) is 6.92 Å². The van der Waals surface area contributed by atoms with Gasteiger partial charge in [0.2, 0.25) is 5.88 Å². The summed E-state index contributed by atoms with van der Waals surface area (Å²) in [5.41, 5.74) is 0.981. The zero-order valence-corrected chi connectivity index (χ0v) is 13.2. The van der Waals surface area contributed by atoms with Gasteiger partial charge in [0.25, 0.3) is 5.91 Å². The number of Topliss-reactive ketones (excluding diaryl/α,β-unsaturated/α-hetero) is 1. The van der Waals surface area contributed by atoms with Gasteiger partial charge in [0.1, 0.15) is 12.4 Å². The average Bonchev–Trinajstić information content (AvgIpc) is 2.98. The Morgan fingerprint density at radius 2 is 2.29 bits per heavy atom. The molecule has 1 amide bonds. The molecule has 0 saturated heterocycles. The van der Waals surface area contributed by atoms with Crippen molar-refractivity contribution >= 4 is 17.4 Å². The van der Waals surface area contributed by atoms with Crippen molar-refractivity contribution in [1.29, 1.82) is 0 Å². The average molecular weight is 330 g/mol. The van der Waals surface area contributed by atoms with Gasteiger partial charge in [0, 0.05) is 25.0 Å². The molecule has 1 unspecified atom stereocenters. The number of rotatable bonds is 5. The van der Waals surface area contributed by atoms with Gasteiger partial charge in [0.15, 0.2) is 11.5 Å². The normalized spacial score (nSPS) is 16.6. The van der Waals surface area contributed by atoms with Crippen LogP contribution in [0.25, 0.3) is 0 Å². The zero-order valence-electron chi connectivity index (χ0n) is 13.2. The fraction of sp³-hybridized carbons (Fsp3) is 0.353. The number of pyridine rings is 1. The predicted octanol–water partition coefficient (Wildman–Crippen LogP) is 2.06. The van der Waals surface area contributed by atoms with Crippen LogP contribution in [0.5, 0.6) is 5.88 Å². The maximum atomic E-state index is 12.3. The minimum atomic E-state index is -0.435. The summed E-state index contributed by atoms with van der Waals surface area (Å²) in [6, 6.07) is 4.72. The molecule has 7 nitrogen and oxygen atoms in total. The topological polar surface area (TPSA) is 102 Å². The number of ketones is 1. The van der Waals surface area contributed by atoms with Crippen molar-refractivity contribution in [1.82, 2.24) is 4.98 Å². The zero-order chi connectivity index (χ0) is 17.1. The van der Waals surface area contributed by atoms with E-state index in [0.29, 0.717) is 35.7 Å². The van der Waals surface area contributed by atoms with E-state index >= 15 is 0 Å². The molecule has 7 heteroatoms. The lowest BCUT2D eigenvalue weighted by molar-refractivity contribution is 0.0943. The second-order valence-corrected chi connectivity index (χ2v) is 5.80. The van der Waals surface area contributed by atoms with Crippen LogP contribution in [0.2, 0.25) is 0 Å². The quantitative estimate of drug-likeness (QED) is 0.870. The van der Waals surface area contributed by atoms with Crippen molar-refractivity contribution < 1.29 is 23.8 Å². The van der Waals surface area contributed by atoms with Gasteiger partial charge < -0.3 is 19.6 Å². The Morgan fingerprint density at radius 1 is 1.46 bits per heavy atom. The first kappa shape index (κ1) is 16.2. The monoisotopic (exact) mass is 330 g/mol. The van der Waals surface area contributed by atoms with Crippen LogP contribution in [-0.2, 0) is 6.42 Å². The highest BCUT2D eigenvalue weighted by molar-refractivity contribution is 6.05. The second-order valence-electron chi connectivity index (χ2n) is 5.80. The van der Waals surface area contributed by atoms with Crippen LogP contribution < -0.4 is 10.1 Å². The fourth-order valence-corrected chi connectivity index (χ4v) is 2.63. The number of anilines is 1. The van der Waals surface area contributed by atoms with Crippen LogP contribution in [0, 0.1) is 5.92 Å².